The number of nitro groups is 1. The van der Waals surface area contributed by atoms with E-state index < -0.39 is 16.6 Å². The molecule has 0 atom stereocenters. The van der Waals surface area contributed by atoms with Gasteiger partial charge in [0, 0.05) is 30.9 Å². The molecule has 5 nitrogen and oxygen atoms in total. The van der Waals surface area contributed by atoms with Crippen molar-refractivity contribution in [3.63, 3.8) is 0 Å². The van der Waals surface area contributed by atoms with Crippen LogP contribution in [0.4, 0.5) is 5.69 Å². The SMILES string of the molecule is O=C(O)c1cc[c-]cc1[N+](=O)[O-].[Re]. The minimum absolute atomic E-state index is 0. The maximum absolute atomic E-state index is 10.4. The van der Waals surface area contributed by atoms with E-state index in [1.54, 1.807) is 0 Å². The van der Waals surface area contributed by atoms with Crippen LogP contribution in [0.2, 0.25) is 0 Å². The van der Waals surface area contributed by atoms with Gasteiger partial charge in [0.15, 0.2) is 5.69 Å². The largest absolute Gasteiger partial charge is 0.479 e. The third-order valence-corrected chi connectivity index (χ3v) is 1.27. The van der Waals surface area contributed by atoms with Gasteiger partial charge in [-0.25, -0.2) is 4.79 Å². The molecule has 0 amide bonds. The summed E-state index contributed by atoms with van der Waals surface area (Å²) in [7, 11) is 0. The zero-order valence-electron chi connectivity index (χ0n) is 6.23. The molecule has 1 N–H and O–H groups in total. The number of carbonyl (C=O) groups is 1. The van der Waals surface area contributed by atoms with Gasteiger partial charge >= 0.3 is 5.97 Å². The quantitative estimate of drug-likeness (QED) is 0.491. The first-order valence-corrected chi connectivity index (χ1v) is 3.00. The number of hydrogen-bond acceptors (Lipinski definition) is 3. The third kappa shape index (κ3) is 2.61. The second-order valence-corrected chi connectivity index (χ2v) is 2.01. The van der Waals surface area contributed by atoms with Crippen molar-refractivity contribution in [2.24, 2.45) is 0 Å². The third-order valence-electron chi connectivity index (χ3n) is 1.27. The Labute approximate surface area is 87.2 Å². The van der Waals surface area contributed by atoms with E-state index in [9.17, 15) is 14.9 Å². The summed E-state index contributed by atoms with van der Waals surface area (Å²) in [6.45, 7) is 0. The molecule has 0 heterocycles. The molecule has 1 rings (SSSR count). The molecule has 69 valence electrons. The first kappa shape index (κ1) is 11.8. The topological polar surface area (TPSA) is 80.4 Å². The molecule has 0 unspecified atom stereocenters. The molecule has 0 saturated heterocycles. The summed E-state index contributed by atoms with van der Waals surface area (Å²) in [6, 6.07) is 5.92. The number of nitro benzene ring substituents is 1. The Kier molecular flexibility index (Phi) is 4.25. The molecule has 0 aliphatic rings. The molecule has 0 aromatic heterocycles. The number of benzene rings is 1. The van der Waals surface area contributed by atoms with E-state index in [0.717, 1.165) is 12.1 Å². The second kappa shape index (κ2) is 4.70. The number of hydrogen-bond donors (Lipinski definition) is 1. The van der Waals surface area contributed by atoms with Gasteiger partial charge in [-0.15, -0.1) is 6.07 Å². The molecule has 1 aromatic carbocycles. The van der Waals surface area contributed by atoms with E-state index >= 15 is 0 Å². The van der Waals surface area contributed by atoms with E-state index in [-0.39, 0.29) is 26.0 Å². The minimum atomic E-state index is -1.31. The van der Waals surface area contributed by atoms with Crippen molar-refractivity contribution in [1.82, 2.24) is 0 Å². The molecule has 13 heavy (non-hydrogen) atoms. The Hall–Kier alpha value is -1.25. The molecule has 1 radical (unpaired) electrons. The molecule has 0 aliphatic heterocycles. The van der Waals surface area contributed by atoms with Crippen molar-refractivity contribution in [1.29, 1.82) is 0 Å². The Morgan fingerprint density at radius 3 is 2.62 bits per heavy atom. The summed E-state index contributed by atoms with van der Waals surface area (Å²) in [5.41, 5.74) is -0.760. The van der Waals surface area contributed by atoms with Crippen LogP contribution >= 0.6 is 0 Å². The van der Waals surface area contributed by atoms with E-state index in [0.29, 0.717) is 0 Å². The minimum Gasteiger partial charge on any atom is -0.479 e. The van der Waals surface area contributed by atoms with Gasteiger partial charge in [-0.2, -0.15) is 12.1 Å². The van der Waals surface area contributed by atoms with Crippen molar-refractivity contribution in [3.8, 4) is 0 Å². The number of carboxylic acid groups (broad SMARTS) is 1. The summed E-state index contributed by atoms with van der Waals surface area (Å²) in [6.07, 6.45) is 0. The summed E-state index contributed by atoms with van der Waals surface area (Å²) >= 11 is 0. The van der Waals surface area contributed by atoms with Crippen LogP contribution in [0.5, 0.6) is 0 Å². The number of nitrogens with zero attached hydrogens (tertiary/aromatic N) is 1. The van der Waals surface area contributed by atoms with Gasteiger partial charge in [0.25, 0.3) is 0 Å². The van der Waals surface area contributed by atoms with Gasteiger partial charge in [-0.1, -0.05) is 6.07 Å². The molecule has 1 aromatic rings. The maximum Gasteiger partial charge on any atom is 0.317 e. The number of carboxylic acids is 1. The van der Waals surface area contributed by atoms with E-state index in [1.165, 1.54) is 6.07 Å². The smallest absolute Gasteiger partial charge is 0.317 e. The molecule has 0 fully saturated rings. The summed E-state index contributed by atoms with van der Waals surface area (Å²) in [4.78, 5) is 19.9. The van der Waals surface area contributed by atoms with Gasteiger partial charge in [0.05, 0.1) is 0 Å². The molecule has 0 saturated carbocycles. The van der Waals surface area contributed by atoms with Crippen molar-refractivity contribution in [2.75, 3.05) is 0 Å². The van der Waals surface area contributed by atoms with E-state index in [2.05, 4.69) is 6.07 Å². The molecular weight excluding hydrogens is 348 g/mol. The molecular formula is C7H4NO4Re-. The van der Waals surface area contributed by atoms with Crippen LogP contribution in [-0.4, -0.2) is 16.0 Å². The van der Waals surface area contributed by atoms with Crippen LogP contribution < -0.4 is 0 Å². The second-order valence-electron chi connectivity index (χ2n) is 2.01. The standard InChI is InChI=1S/C7H4NO4.Re/c9-7(10)5-3-1-2-4-6(5)8(11)12;/h1,3-4H,(H,9,10);/q-1;. The van der Waals surface area contributed by atoms with Crippen LogP contribution in [0.3, 0.4) is 0 Å². The van der Waals surface area contributed by atoms with Gasteiger partial charge in [0.1, 0.15) is 0 Å². The predicted octanol–water partition coefficient (Wildman–Crippen LogP) is 1.09. The Balaban J connectivity index is 0.00000144. The predicted molar refractivity (Wildman–Crippen MR) is 38.9 cm³/mol. The van der Waals surface area contributed by atoms with Gasteiger partial charge in [0.2, 0.25) is 0 Å². The summed E-state index contributed by atoms with van der Waals surface area (Å²) in [5.74, 6) is -1.31. The number of rotatable bonds is 2. The van der Waals surface area contributed by atoms with E-state index in [1.807, 2.05) is 0 Å². The fourth-order valence-corrected chi connectivity index (χ4v) is 0.754. The molecule has 0 spiro atoms. The van der Waals surface area contributed by atoms with Gasteiger partial charge < -0.3 is 5.11 Å². The monoisotopic (exact) mass is 353 g/mol. The summed E-state index contributed by atoms with van der Waals surface area (Å²) < 4.78 is 0. The van der Waals surface area contributed by atoms with Crippen LogP contribution in [-0.2, 0) is 20.4 Å². The van der Waals surface area contributed by atoms with Crippen molar-refractivity contribution in [2.45, 2.75) is 0 Å². The van der Waals surface area contributed by atoms with Crippen molar-refractivity contribution in [3.05, 3.63) is 39.9 Å². The Bertz CT molecular complexity index is 306. The van der Waals surface area contributed by atoms with Crippen LogP contribution in [0.15, 0.2) is 18.2 Å². The van der Waals surface area contributed by atoms with Crippen molar-refractivity contribution >= 4 is 11.7 Å². The summed E-state index contributed by atoms with van der Waals surface area (Å²) in [5, 5.41) is 18.7. The average molecular weight is 352 g/mol. The number of aromatic carboxylic acids is 1. The zero-order valence-corrected chi connectivity index (χ0v) is 8.94. The average Bonchev–Trinajstić information content (AvgIpc) is 2.04. The molecule has 0 aliphatic carbocycles. The van der Waals surface area contributed by atoms with Crippen molar-refractivity contribution < 1.29 is 35.2 Å². The van der Waals surface area contributed by atoms with Crippen LogP contribution in [0, 0.1) is 16.2 Å². The molecule has 6 heteroatoms. The maximum atomic E-state index is 10.4. The Morgan fingerprint density at radius 1 is 1.62 bits per heavy atom. The first-order chi connectivity index (χ1) is 5.63. The zero-order chi connectivity index (χ0) is 9.14. The van der Waals surface area contributed by atoms with Gasteiger partial charge in [-0.3, -0.25) is 10.1 Å². The fraction of sp³-hybridized carbons (Fsp3) is 0. The van der Waals surface area contributed by atoms with E-state index in [4.69, 9.17) is 5.11 Å². The fourth-order valence-electron chi connectivity index (χ4n) is 0.754. The molecule has 0 bridgehead atoms. The normalized spacial score (nSPS) is 8.62. The first-order valence-electron chi connectivity index (χ1n) is 3.00. The Morgan fingerprint density at radius 2 is 2.23 bits per heavy atom. The van der Waals surface area contributed by atoms with Crippen LogP contribution in [0.25, 0.3) is 0 Å². The van der Waals surface area contributed by atoms with Crippen LogP contribution in [0.1, 0.15) is 10.4 Å². The van der Waals surface area contributed by atoms with Gasteiger partial charge in [-0.05, 0) is 0 Å².